The molecule has 2 rings (SSSR count). The Morgan fingerprint density at radius 2 is 2.05 bits per heavy atom. The zero-order valence-electron chi connectivity index (χ0n) is 11.6. The van der Waals surface area contributed by atoms with Crippen LogP contribution in [0.1, 0.15) is 30.1 Å². The van der Waals surface area contributed by atoms with Crippen LogP contribution in [0.25, 0.3) is 0 Å². The molecule has 1 aliphatic heterocycles. The Morgan fingerprint density at radius 1 is 1.35 bits per heavy atom. The van der Waals surface area contributed by atoms with Crippen molar-refractivity contribution in [3.05, 3.63) is 29.8 Å². The average molecular weight is 276 g/mol. The van der Waals surface area contributed by atoms with E-state index in [1.807, 2.05) is 4.90 Å². The molecular weight excluding hydrogens is 256 g/mol. The molecule has 0 aromatic heterocycles. The summed E-state index contributed by atoms with van der Waals surface area (Å²) in [6.07, 6.45) is 1.96. The summed E-state index contributed by atoms with van der Waals surface area (Å²) in [4.78, 5) is 25.1. The van der Waals surface area contributed by atoms with Crippen molar-refractivity contribution in [2.45, 2.75) is 25.8 Å². The normalized spacial score (nSPS) is 19.0. The quantitative estimate of drug-likeness (QED) is 0.795. The lowest BCUT2D eigenvalue weighted by Crippen LogP contribution is -2.38. The van der Waals surface area contributed by atoms with E-state index in [0.29, 0.717) is 17.8 Å². The lowest BCUT2D eigenvalue weighted by atomic mass is 10.1. The van der Waals surface area contributed by atoms with Crippen LogP contribution in [0.3, 0.4) is 0 Å². The van der Waals surface area contributed by atoms with Crippen LogP contribution < -0.4 is 5.32 Å². The SMILES string of the molecule is CC(=O)c1ccc(NC(=O)CN2CCCC2CO)cc1. The number of Topliss-reactive ketones (excluding diaryl/α,β-unsaturated/α-hetero) is 1. The maximum absolute atomic E-state index is 11.9. The topological polar surface area (TPSA) is 69.6 Å². The number of benzene rings is 1. The number of nitrogens with one attached hydrogen (secondary N) is 1. The van der Waals surface area contributed by atoms with Crippen LogP contribution >= 0.6 is 0 Å². The fourth-order valence-corrected chi connectivity index (χ4v) is 2.48. The number of aliphatic hydroxyl groups excluding tert-OH is 1. The summed E-state index contributed by atoms with van der Waals surface area (Å²) >= 11 is 0. The Hall–Kier alpha value is -1.72. The minimum Gasteiger partial charge on any atom is -0.395 e. The summed E-state index contributed by atoms with van der Waals surface area (Å²) in [6, 6.07) is 6.94. The molecule has 1 fully saturated rings. The van der Waals surface area contributed by atoms with Gasteiger partial charge in [0, 0.05) is 17.3 Å². The van der Waals surface area contributed by atoms with Gasteiger partial charge in [0.05, 0.1) is 13.2 Å². The lowest BCUT2D eigenvalue weighted by Gasteiger charge is -2.21. The van der Waals surface area contributed by atoms with E-state index >= 15 is 0 Å². The average Bonchev–Trinajstić information content (AvgIpc) is 2.86. The van der Waals surface area contributed by atoms with Crippen molar-refractivity contribution in [1.29, 1.82) is 0 Å². The monoisotopic (exact) mass is 276 g/mol. The zero-order valence-corrected chi connectivity index (χ0v) is 11.6. The molecule has 1 amide bonds. The van der Waals surface area contributed by atoms with Gasteiger partial charge in [-0.05, 0) is 50.6 Å². The van der Waals surface area contributed by atoms with Gasteiger partial charge < -0.3 is 10.4 Å². The van der Waals surface area contributed by atoms with Crippen molar-refractivity contribution < 1.29 is 14.7 Å². The molecule has 1 saturated heterocycles. The Balaban J connectivity index is 1.89. The van der Waals surface area contributed by atoms with Gasteiger partial charge in [-0.3, -0.25) is 14.5 Å². The van der Waals surface area contributed by atoms with Crippen LogP contribution in [-0.2, 0) is 4.79 Å². The molecule has 2 N–H and O–H groups in total. The number of carbonyl (C=O) groups is 2. The van der Waals surface area contributed by atoms with Crippen molar-refractivity contribution in [1.82, 2.24) is 4.90 Å². The van der Waals surface area contributed by atoms with Gasteiger partial charge in [-0.2, -0.15) is 0 Å². The van der Waals surface area contributed by atoms with Crippen molar-refractivity contribution in [2.75, 3.05) is 25.0 Å². The van der Waals surface area contributed by atoms with Gasteiger partial charge in [-0.15, -0.1) is 0 Å². The summed E-state index contributed by atoms with van der Waals surface area (Å²) in [5, 5.41) is 12.0. The Bertz CT molecular complexity index is 484. The first kappa shape index (κ1) is 14.7. The first-order valence-electron chi connectivity index (χ1n) is 6.86. The first-order valence-corrected chi connectivity index (χ1v) is 6.86. The minimum absolute atomic E-state index is 0.00531. The molecule has 0 bridgehead atoms. The van der Waals surface area contributed by atoms with E-state index in [1.165, 1.54) is 6.92 Å². The van der Waals surface area contributed by atoms with E-state index in [4.69, 9.17) is 0 Å². The number of hydrogen-bond donors (Lipinski definition) is 2. The predicted octanol–water partition coefficient (Wildman–Crippen LogP) is 1.28. The molecule has 0 radical (unpaired) electrons. The molecule has 1 atom stereocenters. The van der Waals surface area contributed by atoms with E-state index in [2.05, 4.69) is 5.32 Å². The highest BCUT2D eigenvalue weighted by Gasteiger charge is 2.25. The van der Waals surface area contributed by atoms with Gasteiger partial charge >= 0.3 is 0 Å². The molecule has 1 unspecified atom stereocenters. The fraction of sp³-hybridized carbons (Fsp3) is 0.467. The highest BCUT2D eigenvalue weighted by Crippen LogP contribution is 2.16. The summed E-state index contributed by atoms with van der Waals surface area (Å²) in [5.41, 5.74) is 1.31. The second-order valence-corrected chi connectivity index (χ2v) is 5.13. The summed E-state index contributed by atoms with van der Waals surface area (Å²) < 4.78 is 0. The van der Waals surface area contributed by atoms with E-state index in [0.717, 1.165) is 19.4 Å². The molecule has 5 heteroatoms. The molecule has 0 aliphatic carbocycles. The highest BCUT2D eigenvalue weighted by molar-refractivity contribution is 5.96. The Kier molecular flexibility index (Phi) is 4.87. The van der Waals surface area contributed by atoms with Crippen molar-refractivity contribution >= 4 is 17.4 Å². The summed E-state index contributed by atoms with van der Waals surface area (Å²) in [6.45, 7) is 2.75. The molecule has 1 aromatic carbocycles. The Morgan fingerprint density at radius 3 is 2.65 bits per heavy atom. The second-order valence-electron chi connectivity index (χ2n) is 5.13. The van der Waals surface area contributed by atoms with Crippen LogP contribution in [0, 0.1) is 0 Å². The van der Waals surface area contributed by atoms with Gasteiger partial charge in [-0.1, -0.05) is 0 Å². The van der Waals surface area contributed by atoms with Crippen LogP contribution in [0.5, 0.6) is 0 Å². The maximum atomic E-state index is 11.9. The number of rotatable bonds is 5. The van der Waals surface area contributed by atoms with Crippen LogP contribution in [0.15, 0.2) is 24.3 Å². The van der Waals surface area contributed by atoms with E-state index in [1.54, 1.807) is 24.3 Å². The van der Waals surface area contributed by atoms with Gasteiger partial charge in [0.1, 0.15) is 0 Å². The fourth-order valence-electron chi connectivity index (χ4n) is 2.48. The smallest absolute Gasteiger partial charge is 0.238 e. The molecule has 1 aromatic rings. The molecule has 108 valence electrons. The predicted molar refractivity (Wildman–Crippen MR) is 76.8 cm³/mol. The molecule has 20 heavy (non-hydrogen) atoms. The number of carbonyl (C=O) groups excluding carboxylic acids is 2. The zero-order chi connectivity index (χ0) is 14.5. The number of hydrogen-bond acceptors (Lipinski definition) is 4. The van der Waals surface area contributed by atoms with Crippen LogP contribution in [-0.4, -0.2) is 47.4 Å². The summed E-state index contributed by atoms with van der Waals surface area (Å²) in [5.74, 6) is -0.0911. The highest BCUT2D eigenvalue weighted by atomic mass is 16.3. The molecule has 1 heterocycles. The Labute approximate surface area is 118 Å². The standard InChI is InChI=1S/C15H20N2O3/c1-11(19)12-4-6-13(7-5-12)16-15(20)9-17-8-2-3-14(17)10-18/h4-7,14,18H,2-3,8-10H2,1H3,(H,16,20). The minimum atomic E-state index is -0.0964. The molecule has 1 aliphatic rings. The molecular formula is C15H20N2O3. The molecule has 5 nitrogen and oxygen atoms in total. The largest absolute Gasteiger partial charge is 0.395 e. The number of aliphatic hydroxyl groups is 1. The molecule has 0 saturated carbocycles. The third-order valence-electron chi connectivity index (χ3n) is 3.63. The van der Waals surface area contributed by atoms with E-state index < -0.39 is 0 Å². The van der Waals surface area contributed by atoms with Gasteiger partial charge in [-0.25, -0.2) is 0 Å². The van der Waals surface area contributed by atoms with Crippen LogP contribution in [0.2, 0.25) is 0 Å². The van der Waals surface area contributed by atoms with E-state index in [-0.39, 0.29) is 24.3 Å². The van der Waals surface area contributed by atoms with Crippen molar-refractivity contribution in [3.8, 4) is 0 Å². The van der Waals surface area contributed by atoms with Gasteiger partial charge in [0.15, 0.2) is 5.78 Å². The third-order valence-corrected chi connectivity index (χ3v) is 3.63. The number of ketones is 1. The van der Waals surface area contributed by atoms with Crippen LogP contribution in [0.4, 0.5) is 5.69 Å². The van der Waals surface area contributed by atoms with E-state index in [9.17, 15) is 14.7 Å². The van der Waals surface area contributed by atoms with Crippen molar-refractivity contribution in [3.63, 3.8) is 0 Å². The third kappa shape index (κ3) is 3.65. The lowest BCUT2D eigenvalue weighted by molar-refractivity contribution is -0.117. The number of nitrogens with zero attached hydrogens (tertiary/aromatic N) is 1. The first-order chi connectivity index (χ1) is 9.60. The number of anilines is 1. The van der Waals surface area contributed by atoms with Gasteiger partial charge in [0.2, 0.25) is 5.91 Å². The number of amides is 1. The summed E-state index contributed by atoms with van der Waals surface area (Å²) in [7, 11) is 0. The van der Waals surface area contributed by atoms with Gasteiger partial charge in [0.25, 0.3) is 0 Å². The number of likely N-dealkylation sites (tertiary alicyclic amines) is 1. The second kappa shape index (κ2) is 6.63. The van der Waals surface area contributed by atoms with Crippen molar-refractivity contribution in [2.24, 2.45) is 0 Å². The molecule has 0 spiro atoms. The maximum Gasteiger partial charge on any atom is 0.238 e.